The van der Waals surface area contributed by atoms with Gasteiger partial charge in [0.2, 0.25) is 15.9 Å². The number of nitrogens with zero attached hydrogens (tertiary/aromatic N) is 4. The predicted molar refractivity (Wildman–Crippen MR) is 141 cm³/mol. The standard InChI is InChI=1S/C26H44N4O5S/c1-7-29-11-8-22(9-12-29)30-13-10-23(18-30)28(5)25(31)19-35-15-14-27(4)36(32,33)26-20(2)16-24(34-6)17-21(26)3/h16-17,22-23H,7-15,18-19H2,1-6H3/t23-/m1/s1. The van der Waals surface area contributed by atoms with E-state index in [9.17, 15) is 13.2 Å². The van der Waals surface area contributed by atoms with Crippen molar-refractivity contribution in [1.29, 1.82) is 0 Å². The highest BCUT2D eigenvalue weighted by molar-refractivity contribution is 7.89. The van der Waals surface area contributed by atoms with Crippen LogP contribution >= 0.6 is 0 Å². The van der Waals surface area contributed by atoms with Gasteiger partial charge in [0.05, 0.1) is 18.6 Å². The zero-order chi connectivity index (χ0) is 26.5. The number of carbonyl (C=O) groups excluding carboxylic acids is 1. The smallest absolute Gasteiger partial charge is 0.248 e. The van der Waals surface area contributed by atoms with Crippen LogP contribution < -0.4 is 4.74 Å². The number of likely N-dealkylation sites (N-methyl/N-ethyl adjacent to an activating group) is 2. The minimum atomic E-state index is -3.68. The van der Waals surface area contributed by atoms with Crippen LogP contribution in [-0.4, -0.2) is 119 Å². The van der Waals surface area contributed by atoms with E-state index in [0.717, 1.165) is 39.1 Å². The van der Waals surface area contributed by atoms with Gasteiger partial charge >= 0.3 is 0 Å². The number of hydrogen-bond donors (Lipinski definition) is 0. The number of sulfonamides is 1. The van der Waals surface area contributed by atoms with Crippen molar-refractivity contribution in [3.63, 3.8) is 0 Å². The van der Waals surface area contributed by atoms with Crippen molar-refractivity contribution in [2.75, 3.05) is 73.7 Å². The molecule has 3 rings (SSSR count). The summed E-state index contributed by atoms with van der Waals surface area (Å²) in [7, 11) is 1.26. The quantitative estimate of drug-likeness (QED) is 0.409. The summed E-state index contributed by atoms with van der Waals surface area (Å²) in [5.74, 6) is 0.569. The van der Waals surface area contributed by atoms with E-state index in [1.54, 1.807) is 33.1 Å². The van der Waals surface area contributed by atoms with E-state index < -0.39 is 10.0 Å². The summed E-state index contributed by atoms with van der Waals surface area (Å²) in [6.07, 6.45) is 3.39. The molecule has 0 unspecified atom stereocenters. The number of piperidine rings is 1. The molecule has 2 heterocycles. The number of carbonyl (C=O) groups is 1. The molecule has 1 aromatic rings. The number of amides is 1. The first kappa shape index (κ1) is 28.8. The van der Waals surface area contributed by atoms with Crippen molar-refractivity contribution in [2.24, 2.45) is 0 Å². The lowest BCUT2D eigenvalue weighted by Gasteiger charge is -2.36. The second-order valence-electron chi connectivity index (χ2n) is 10.1. The van der Waals surface area contributed by atoms with Crippen LogP contribution in [0.1, 0.15) is 37.3 Å². The predicted octanol–water partition coefficient (Wildman–Crippen LogP) is 1.97. The number of aryl methyl sites for hydroxylation is 2. The van der Waals surface area contributed by atoms with Gasteiger partial charge in [-0.25, -0.2) is 8.42 Å². The Kier molecular flexibility index (Phi) is 10.2. The molecule has 0 radical (unpaired) electrons. The highest BCUT2D eigenvalue weighted by Crippen LogP contribution is 2.28. The minimum Gasteiger partial charge on any atom is -0.497 e. The third-order valence-electron chi connectivity index (χ3n) is 7.77. The summed E-state index contributed by atoms with van der Waals surface area (Å²) in [5, 5.41) is 0. The second kappa shape index (κ2) is 12.7. The molecule has 0 aliphatic carbocycles. The maximum atomic E-state index is 13.1. The summed E-state index contributed by atoms with van der Waals surface area (Å²) in [5.41, 5.74) is 1.27. The summed E-state index contributed by atoms with van der Waals surface area (Å²) in [4.78, 5) is 19.9. The van der Waals surface area contributed by atoms with E-state index in [4.69, 9.17) is 9.47 Å². The molecule has 2 saturated heterocycles. The third-order valence-corrected chi connectivity index (χ3v) is 9.93. The van der Waals surface area contributed by atoms with Crippen LogP contribution in [0.25, 0.3) is 0 Å². The molecule has 10 heteroatoms. The molecule has 0 bridgehead atoms. The maximum Gasteiger partial charge on any atom is 0.248 e. The van der Waals surface area contributed by atoms with Gasteiger partial charge < -0.3 is 19.3 Å². The van der Waals surface area contributed by atoms with Gasteiger partial charge in [0.15, 0.2) is 0 Å². The topological polar surface area (TPSA) is 82.6 Å². The van der Waals surface area contributed by atoms with Crippen LogP contribution in [-0.2, 0) is 19.6 Å². The SMILES string of the molecule is CCN1CCC(N2CC[C@@H](N(C)C(=O)COCCN(C)S(=O)(=O)c3c(C)cc(OC)cc3C)C2)CC1. The van der Waals surface area contributed by atoms with Gasteiger partial charge in [0.25, 0.3) is 0 Å². The molecule has 204 valence electrons. The normalized spacial score (nSPS) is 20.2. The number of hydrogen-bond acceptors (Lipinski definition) is 7. The second-order valence-corrected chi connectivity index (χ2v) is 12.1. The number of methoxy groups -OCH3 is 1. The molecule has 0 aromatic heterocycles. The van der Waals surface area contributed by atoms with Crippen LogP contribution in [0.3, 0.4) is 0 Å². The Morgan fingerprint density at radius 2 is 1.72 bits per heavy atom. The minimum absolute atomic E-state index is 0.0453. The van der Waals surface area contributed by atoms with Crippen LogP contribution in [0.15, 0.2) is 17.0 Å². The number of likely N-dealkylation sites (tertiary alicyclic amines) is 2. The van der Waals surface area contributed by atoms with Gasteiger partial charge in [0.1, 0.15) is 12.4 Å². The summed E-state index contributed by atoms with van der Waals surface area (Å²) >= 11 is 0. The van der Waals surface area contributed by atoms with Gasteiger partial charge in [-0.05, 0) is 76.0 Å². The van der Waals surface area contributed by atoms with Gasteiger partial charge in [-0.15, -0.1) is 0 Å². The number of benzene rings is 1. The third kappa shape index (κ3) is 6.77. The zero-order valence-electron chi connectivity index (χ0n) is 22.8. The van der Waals surface area contributed by atoms with Crippen molar-refractivity contribution in [3.05, 3.63) is 23.3 Å². The van der Waals surface area contributed by atoms with E-state index in [1.165, 1.54) is 24.2 Å². The molecule has 0 N–H and O–H groups in total. The molecule has 1 atom stereocenters. The fraction of sp³-hybridized carbons (Fsp3) is 0.731. The average Bonchev–Trinajstić information content (AvgIpc) is 3.35. The Hall–Kier alpha value is -1.72. The molecule has 1 aromatic carbocycles. The highest BCUT2D eigenvalue weighted by atomic mass is 32.2. The molecule has 36 heavy (non-hydrogen) atoms. The van der Waals surface area contributed by atoms with E-state index in [0.29, 0.717) is 22.9 Å². The van der Waals surface area contributed by atoms with Crippen LogP contribution in [0.2, 0.25) is 0 Å². The molecule has 9 nitrogen and oxygen atoms in total. The molecular weight excluding hydrogens is 480 g/mol. The zero-order valence-corrected chi connectivity index (χ0v) is 23.6. The Bertz CT molecular complexity index is 971. The Labute approximate surface area is 217 Å². The molecule has 2 fully saturated rings. The fourth-order valence-electron chi connectivity index (χ4n) is 5.39. The summed E-state index contributed by atoms with van der Waals surface area (Å²) in [6, 6.07) is 4.26. The van der Waals surface area contributed by atoms with Crippen molar-refractivity contribution in [2.45, 2.75) is 57.0 Å². The Morgan fingerprint density at radius 1 is 1.08 bits per heavy atom. The summed E-state index contributed by atoms with van der Waals surface area (Å²) in [6.45, 7) is 11.4. The lowest BCUT2D eigenvalue weighted by molar-refractivity contribution is -0.136. The Balaban J connectivity index is 1.43. The van der Waals surface area contributed by atoms with Gasteiger partial charge in [-0.2, -0.15) is 4.31 Å². The van der Waals surface area contributed by atoms with Crippen molar-refractivity contribution >= 4 is 15.9 Å². The van der Waals surface area contributed by atoms with Gasteiger partial charge in [-0.1, -0.05) is 6.92 Å². The van der Waals surface area contributed by atoms with Crippen molar-refractivity contribution in [3.8, 4) is 5.75 Å². The van der Waals surface area contributed by atoms with E-state index in [-0.39, 0.29) is 36.6 Å². The molecule has 0 spiro atoms. The molecule has 2 aliphatic rings. The van der Waals surface area contributed by atoms with E-state index in [1.807, 2.05) is 11.9 Å². The number of rotatable bonds is 11. The van der Waals surface area contributed by atoms with Gasteiger partial charge in [0, 0.05) is 45.8 Å². The first-order valence-corrected chi connectivity index (χ1v) is 14.4. The Morgan fingerprint density at radius 3 is 2.31 bits per heavy atom. The first-order valence-electron chi connectivity index (χ1n) is 13.0. The monoisotopic (exact) mass is 524 g/mol. The lowest BCUT2D eigenvalue weighted by atomic mass is 10.0. The highest BCUT2D eigenvalue weighted by Gasteiger charge is 2.33. The first-order chi connectivity index (χ1) is 17.1. The van der Waals surface area contributed by atoms with Crippen LogP contribution in [0.5, 0.6) is 5.75 Å². The van der Waals surface area contributed by atoms with E-state index >= 15 is 0 Å². The lowest BCUT2D eigenvalue weighted by Crippen LogP contribution is -2.46. The van der Waals surface area contributed by atoms with Gasteiger partial charge in [-0.3, -0.25) is 9.69 Å². The van der Waals surface area contributed by atoms with Crippen LogP contribution in [0, 0.1) is 13.8 Å². The van der Waals surface area contributed by atoms with Crippen molar-refractivity contribution in [1.82, 2.24) is 19.0 Å². The van der Waals surface area contributed by atoms with E-state index in [2.05, 4.69) is 16.7 Å². The van der Waals surface area contributed by atoms with Crippen molar-refractivity contribution < 1.29 is 22.7 Å². The summed E-state index contributed by atoms with van der Waals surface area (Å²) < 4.78 is 38.4. The van der Waals surface area contributed by atoms with Crippen LogP contribution in [0.4, 0.5) is 0 Å². The largest absolute Gasteiger partial charge is 0.497 e. The number of ether oxygens (including phenoxy) is 2. The molecular formula is C26H44N4O5S. The fourth-order valence-corrected chi connectivity index (χ4v) is 6.94. The molecule has 0 saturated carbocycles. The average molecular weight is 525 g/mol. The maximum absolute atomic E-state index is 13.1. The molecule has 2 aliphatic heterocycles. The molecule has 1 amide bonds.